The van der Waals surface area contributed by atoms with Crippen LogP contribution >= 0.6 is 0 Å². The Morgan fingerprint density at radius 1 is 1.22 bits per heavy atom. The molecule has 0 aliphatic rings. The Morgan fingerprint density at radius 2 is 1.83 bits per heavy atom. The molecule has 1 rings (SSSR count). The smallest absolute Gasteiger partial charge is 0.184 e. The summed E-state index contributed by atoms with van der Waals surface area (Å²) < 4.78 is 6.26. The lowest BCUT2D eigenvalue weighted by Gasteiger charge is -2.30. The zero-order chi connectivity index (χ0) is 13.6. The quantitative estimate of drug-likeness (QED) is 0.771. The molecule has 1 aromatic carbocycles. The first-order valence-corrected chi connectivity index (χ1v) is 9.85. The van der Waals surface area contributed by atoms with Crippen LogP contribution in [0.2, 0.25) is 19.6 Å². The standard InChI is InChI=1S/C14H25NO2Si/c1-15(10-11-16)12-14(17-18(2,3)4)13-8-6-5-7-9-13/h5-9,14,16H,10-12H2,1-4H3/t14-/m0/s1. The fourth-order valence-electron chi connectivity index (χ4n) is 1.85. The summed E-state index contributed by atoms with van der Waals surface area (Å²) in [6.07, 6.45) is 0.0921. The average molecular weight is 267 g/mol. The van der Waals surface area contributed by atoms with E-state index in [4.69, 9.17) is 9.53 Å². The van der Waals surface area contributed by atoms with E-state index < -0.39 is 8.32 Å². The van der Waals surface area contributed by atoms with Crippen molar-refractivity contribution in [1.29, 1.82) is 0 Å². The molecule has 18 heavy (non-hydrogen) atoms. The highest BCUT2D eigenvalue weighted by Crippen LogP contribution is 2.22. The van der Waals surface area contributed by atoms with Crippen molar-refractivity contribution in [2.45, 2.75) is 25.7 Å². The van der Waals surface area contributed by atoms with Gasteiger partial charge in [-0.25, -0.2) is 0 Å². The van der Waals surface area contributed by atoms with Gasteiger partial charge in [0.15, 0.2) is 8.32 Å². The van der Waals surface area contributed by atoms with Crippen LogP contribution in [0.15, 0.2) is 30.3 Å². The van der Waals surface area contributed by atoms with Gasteiger partial charge in [0.25, 0.3) is 0 Å². The van der Waals surface area contributed by atoms with Crippen LogP contribution in [0.5, 0.6) is 0 Å². The Bertz CT molecular complexity index is 337. The summed E-state index contributed by atoms with van der Waals surface area (Å²) in [4.78, 5) is 2.11. The van der Waals surface area contributed by atoms with Gasteiger partial charge in [-0.3, -0.25) is 0 Å². The van der Waals surface area contributed by atoms with E-state index in [9.17, 15) is 0 Å². The zero-order valence-electron chi connectivity index (χ0n) is 11.9. The molecule has 0 aliphatic carbocycles. The van der Waals surface area contributed by atoms with Gasteiger partial charge in [-0.2, -0.15) is 0 Å². The number of nitrogens with zero attached hydrogens (tertiary/aromatic N) is 1. The van der Waals surface area contributed by atoms with Crippen LogP contribution in [0.4, 0.5) is 0 Å². The maximum absolute atomic E-state index is 8.98. The highest BCUT2D eigenvalue weighted by molar-refractivity contribution is 6.69. The number of rotatable bonds is 7. The number of hydrogen-bond donors (Lipinski definition) is 1. The van der Waals surface area contributed by atoms with Crippen molar-refractivity contribution in [3.05, 3.63) is 35.9 Å². The van der Waals surface area contributed by atoms with Crippen LogP contribution < -0.4 is 0 Å². The van der Waals surface area contributed by atoms with Crippen molar-refractivity contribution in [1.82, 2.24) is 4.90 Å². The fourth-order valence-corrected chi connectivity index (χ4v) is 2.91. The van der Waals surface area contributed by atoms with E-state index in [2.05, 4.69) is 36.7 Å². The minimum atomic E-state index is -1.58. The topological polar surface area (TPSA) is 32.7 Å². The number of benzene rings is 1. The van der Waals surface area contributed by atoms with E-state index in [0.29, 0.717) is 6.54 Å². The Hall–Kier alpha value is -0.683. The summed E-state index contributed by atoms with van der Waals surface area (Å²) in [6, 6.07) is 10.3. The summed E-state index contributed by atoms with van der Waals surface area (Å²) in [6.45, 7) is 8.29. The van der Waals surface area contributed by atoms with Crippen molar-refractivity contribution in [2.24, 2.45) is 0 Å². The first-order chi connectivity index (χ1) is 8.42. The van der Waals surface area contributed by atoms with Gasteiger partial charge in [0.05, 0.1) is 12.7 Å². The third-order valence-corrected chi connectivity index (χ3v) is 3.62. The molecule has 0 heterocycles. The summed E-state index contributed by atoms with van der Waals surface area (Å²) in [5, 5.41) is 8.98. The van der Waals surface area contributed by atoms with Gasteiger partial charge in [-0.1, -0.05) is 30.3 Å². The summed E-state index contributed by atoms with van der Waals surface area (Å²) in [7, 11) is 0.432. The molecule has 0 fully saturated rings. The summed E-state index contributed by atoms with van der Waals surface area (Å²) in [5.41, 5.74) is 1.21. The van der Waals surface area contributed by atoms with E-state index in [0.717, 1.165) is 6.54 Å². The van der Waals surface area contributed by atoms with Crippen molar-refractivity contribution >= 4 is 8.32 Å². The minimum Gasteiger partial charge on any atom is -0.409 e. The van der Waals surface area contributed by atoms with Gasteiger partial charge in [0.1, 0.15) is 0 Å². The lowest BCUT2D eigenvalue weighted by atomic mass is 10.1. The van der Waals surface area contributed by atoms with Crippen molar-refractivity contribution in [3.8, 4) is 0 Å². The van der Waals surface area contributed by atoms with Gasteiger partial charge >= 0.3 is 0 Å². The molecular formula is C14H25NO2Si. The highest BCUT2D eigenvalue weighted by Gasteiger charge is 2.23. The highest BCUT2D eigenvalue weighted by atomic mass is 28.4. The van der Waals surface area contributed by atoms with E-state index in [1.165, 1.54) is 5.56 Å². The SMILES string of the molecule is CN(CCO)C[C@H](O[Si](C)(C)C)c1ccccc1. The Labute approximate surface area is 112 Å². The largest absolute Gasteiger partial charge is 0.409 e. The van der Waals surface area contributed by atoms with Gasteiger partial charge in [0, 0.05) is 13.1 Å². The Morgan fingerprint density at radius 3 is 2.33 bits per heavy atom. The van der Waals surface area contributed by atoms with Gasteiger partial charge in [0.2, 0.25) is 0 Å². The second-order valence-corrected chi connectivity index (χ2v) is 10.1. The molecule has 1 aromatic rings. The third-order valence-electron chi connectivity index (χ3n) is 2.63. The number of aliphatic hydroxyl groups is 1. The molecule has 1 N–H and O–H groups in total. The molecule has 102 valence electrons. The average Bonchev–Trinajstić information content (AvgIpc) is 2.28. The minimum absolute atomic E-state index is 0.0921. The molecule has 0 unspecified atom stereocenters. The predicted octanol–water partition coefficient (Wildman–Crippen LogP) is 2.50. The van der Waals surface area contributed by atoms with Gasteiger partial charge in [-0.05, 0) is 32.3 Å². The second kappa shape index (κ2) is 7.04. The van der Waals surface area contributed by atoms with Crippen LogP contribution in [-0.2, 0) is 4.43 Å². The molecule has 1 atom stereocenters. The molecule has 0 amide bonds. The Kier molecular flexibility index (Phi) is 6.01. The van der Waals surface area contributed by atoms with E-state index in [1.807, 2.05) is 25.2 Å². The van der Waals surface area contributed by atoms with Crippen molar-refractivity contribution in [2.75, 3.05) is 26.7 Å². The van der Waals surface area contributed by atoms with Crippen LogP contribution in [0.1, 0.15) is 11.7 Å². The van der Waals surface area contributed by atoms with E-state index in [-0.39, 0.29) is 12.7 Å². The Balaban J connectivity index is 2.76. The summed E-state index contributed by atoms with van der Waals surface area (Å²) >= 11 is 0. The zero-order valence-corrected chi connectivity index (χ0v) is 12.9. The molecule has 0 radical (unpaired) electrons. The van der Waals surface area contributed by atoms with Crippen LogP contribution in [0.25, 0.3) is 0 Å². The predicted molar refractivity (Wildman–Crippen MR) is 78.2 cm³/mol. The number of aliphatic hydroxyl groups excluding tert-OH is 1. The van der Waals surface area contributed by atoms with Crippen LogP contribution in [-0.4, -0.2) is 45.1 Å². The van der Waals surface area contributed by atoms with Crippen LogP contribution in [0.3, 0.4) is 0 Å². The molecule has 0 saturated heterocycles. The molecule has 4 heteroatoms. The first kappa shape index (κ1) is 15.4. The van der Waals surface area contributed by atoms with Gasteiger partial charge < -0.3 is 14.4 Å². The van der Waals surface area contributed by atoms with Crippen molar-refractivity contribution in [3.63, 3.8) is 0 Å². The lowest BCUT2D eigenvalue weighted by molar-refractivity contribution is 0.128. The maximum atomic E-state index is 8.98. The normalized spacial score (nSPS) is 13.9. The molecular weight excluding hydrogens is 242 g/mol. The monoisotopic (exact) mass is 267 g/mol. The molecule has 0 spiro atoms. The molecule has 0 aliphatic heterocycles. The van der Waals surface area contributed by atoms with E-state index in [1.54, 1.807) is 0 Å². The lowest BCUT2D eigenvalue weighted by Crippen LogP contribution is -2.35. The molecule has 0 aromatic heterocycles. The second-order valence-electron chi connectivity index (χ2n) is 5.62. The molecule has 0 bridgehead atoms. The number of hydrogen-bond acceptors (Lipinski definition) is 3. The molecule has 3 nitrogen and oxygen atoms in total. The number of likely N-dealkylation sites (N-methyl/N-ethyl adjacent to an activating group) is 1. The van der Waals surface area contributed by atoms with Crippen LogP contribution in [0, 0.1) is 0 Å². The third kappa shape index (κ3) is 5.77. The van der Waals surface area contributed by atoms with Crippen molar-refractivity contribution < 1.29 is 9.53 Å². The van der Waals surface area contributed by atoms with Gasteiger partial charge in [-0.15, -0.1) is 0 Å². The summed E-state index contributed by atoms with van der Waals surface area (Å²) in [5.74, 6) is 0. The maximum Gasteiger partial charge on any atom is 0.184 e. The first-order valence-electron chi connectivity index (χ1n) is 6.44. The fraction of sp³-hybridized carbons (Fsp3) is 0.571. The molecule has 0 saturated carbocycles. The van der Waals surface area contributed by atoms with E-state index >= 15 is 0 Å².